The number of aromatic nitrogens is 3. The van der Waals surface area contributed by atoms with E-state index in [4.69, 9.17) is 23.4 Å². The molecule has 0 spiro atoms. The van der Waals surface area contributed by atoms with Gasteiger partial charge in [0.2, 0.25) is 5.28 Å². The Labute approximate surface area is 226 Å². The van der Waals surface area contributed by atoms with Crippen LogP contribution in [0, 0.1) is 0 Å². The van der Waals surface area contributed by atoms with E-state index in [0.717, 1.165) is 43.4 Å². The molecule has 0 saturated carbocycles. The molecule has 37 heavy (non-hydrogen) atoms. The zero-order chi connectivity index (χ0) is 29.1. The van der Waals surface area contributed by atoms with Crippen molar-refractivity contribution in [3.05, 3.63) is 126 Å². The average molecular weight is 499 g/mol. The molecule has 0 aliphatic carbocycles. The summed E-state index contributed by atoms with van der Waals surface area (Å²) in [4.78, 5) is 13.7. The highest BCUT2D eigenvalue weighted by Crippen LogP contribution is 2.33. The van der Waals surface area contributed by atoms with Gasteiger partial charge in [-0.25, -0.2) is 4.98 Å². The maximum Gasteiger partial charge on any atom is 0.226 e. The van der Waals surface area contributed by atoms with Gasteiger partial charge in [0.05, 0.1) is 6.85 Å². The third-order valence-corrected chi connectivity index (χ3v) is 6.69. The Morgan fingerprint density at radius 1 is 0.514 bits per heavy atom. The summed E-state index contributed by atoms with van der Waals surface area (Å²) >= 11 is 6.43. The van der Waals surface area contributed by atoms with Crippen molar-refractivity contribution in [3.8, 4) is 33.9 Å². The number of rotatable bonds is 3. The van der Waals surface area contributed by atoms with Gasteiger partial charge in [-0.2, -0.15) is 9.97 Å². The van der Waals surface area contributed by atoms with Crippen molar-refractivity contribution in [1.29, 1.82) is 0 Å². The second-order valence-corrected chi connectivity index (χ2v) is 9.05. The molecule has 0 bridgehead atoms. The quantitative estimate of drug-likeness (QED) is 0.228. The molecule has 0 unspecified atom stereocenters. The predicted octanol–water partition coefficient (Wildman–Crippen LogP) is 8.99. The minimum Gasteiger partial charge on any atom is -0.208 e. The molecule has 0 aliphatic heterocycles. The highest BCUT2D eigenvalue weighted by molar-refractivity contribution is 6.28. The molecule has 3 nitrogen and oxygen atoms in total. The van der Waals surface area contributed by atoms with Crippen LogP contribution < -0.4 is 0 Å². The molecular weight excluding hydrogens is 474 g/mol. The largest absolute Gasteiger partial charge is 0.226 e. The maximum atomic E-state index is 8.32. The molecule has 6 aromatic carbocycles. The number of fused-ring (bicyclic) bond motifs is 4. The van der Waals surface area contributed by atoms with E-state index in [-0.39, 0.29) is 35.0 Å². The lowest BCUT2D eigenvalue weighted by atomic mass is 9.98. The lowest BCUT2D eigenvalue weighted by Gasteiger charge is -2.10. The second kappa shape index (κ2) is 8.81. The molecule has 0 radical (unpaired) electrons. The second-order valence-electron chi connectivity index (χ2n) is 8.72. The normalized spacial score (nSPS) is 13.3. The Balaban J connectivity index is 1.32. The van der Waals surface area contributed by atoms with Crippen LogP contribution in [-0.4, -0.2) is 15.0 Å². The van der Waals surface area contributed by atoms with E-state index in [2.05, 4.69) is 40.3 Å². The topological polar surface area (TPSA) is 38.7 Å². The molecule has 7 aromatic rings. The molecule has 0 saturated heterocycles. The van der Waals surface area contributed by atoms with Gasteiger partial charge < -0.3 is 0 Å². The zero-order valence-corrected chi connectivity index (χ0v) is 20.1. The maximum absolute atomic E-state index is 8.32. The molecule has 0 fully saturated rings. The molecule has 0 N–H and O–H groups in total. The summed E-state index contributed by atoms with van der Waals surface area (Å²) in [6, 6.07) is 28.0. The zero-order valence-electron chi connectivity index (χ0n) is 24.4. The summed E-state index contributed by atoms with van der Waals surface area (Å²) in [5.74, 6) is 0.905. The smallest absolute Gasteiger partial charge is 0.208 e. The first-order chi connectivity index (χ1) is 20.3. The van der Waals surface area contributed by atoms with E-state index in [9.17, 15) is 0 Å². The Bertz CT molecular complexity index is 2210. The lowest BCUT2D eigenvalue weighted by Crippen LogP contribution is -1.98. The minimum absolute atomic E-state index is 0.0874. The molecule has 0 amide bonds. The van der Waals surface area contributed by atoms with E-state index in [0.29, 0.717) is 17.2 Å². The number of halogens is 1. The van der Waals surface area contributed by atoms with Gasteiger partial charge in [0.25, 0.3) is 0 Å². The van der Waals surface area contributed by atoms with Crippen LogP contribution in [0.1, 0.15) is 6.85 Å². The summed E-state index contributed by atoms with van der Waals surface area (Å²) in [7, 11) is 0. The molecular formula is C33H20ClN3. The van der Waals surface area contributed by atoms with Gasteiger partial charge in [-0.1, -0.05) is 109 Å². The van der Waals surface area contributed by atoms with Crippen LogP contribution in [0.3, 0.4) is 0 Å². The number of hydrogen-bond acceptors (Lipinski definition) is 3. The molecule has 174 valence electrons. The van der Waals surface area contributed by atoms with Gasteiger partial charge in [-0.15, -0.1) is 0 Å². The van der Waals surface area contributed by atoms with Crippen molar-refractivity contribution < 1.29 is 6.85 Å². The van der Waals surface area contributed by atoms with Crippen LogP contribution in [0.15, 0.2) is 121 Å². The highest BCUT2D eigenvalue weighted by Gasteiger charge is 2.13. The Morgan fingerprint density at radius 2 is 1.22 bits per heavy atom. The van der Waals surface area contributed by atoms with Crippen molar-refractivity contribution in [1.82, 2.24) is 15.0 Å². The monoisotopic (exact) mass is 498 g/mol. The van der Waals surface area contributed by atoms with E-state index >= 15 is 0 Å². The van der Waals surface area contributed by atoms with Crippen molar-refractivity contribution >= 4 is 43.9 Å². The predicted molar refractivity (Wildman–Crippen MR) is 154 cm³/mol. The SMILES string of the molecule is [2H]c1c([2H])c([2H])c(-c2ccc3cc(-c4nc(Cl)nc(-c5cccc6c5ccc5ccccc56)n4)ccc3c2)c([2H])c1[2H]. The summed E-state index contributed by atoms with van der Waals surface area (Å²) in [5, 5.41) is 6.22. The summed E-state index contributed by atoms with van der Waals surface area (Å²) in [6.45, 7) is 0. The Morgan fingerprint density at radius 3 is 2.08 bits per heavy atom. The molecule has 7 rings (SSSR count). The summed E-state index contributed by atoms with van der Waals surface area (Å²) < 4.78 is 40.5. The standard InChI is InChI=1S/C33H20ClN3/c34-33-36-31(26-16-15-24-19-23(13-14-25(24)20-26)21-7-2-1-3-8-21)35-32(37-33)30-12-6-11-28-27-10-5-4-9-22(27)17-18-29(28)30/h1-20H/i1D,2D,3D,7D,8D. The van der Waals surface area contributed by atoms with Crippen LogP contribution in [0.2, 0.25) is 5.28 Å². The fourth-order valence-corrected chi connectivity index (χ4v) is 4.93. The van der Waals surface area contributed by atoms with Crippen LogP contribution in [0.25, 0.3) is 66.2 Å². The van der Waals surface area contributed by atoms with Crippen molar-refractivity contribution in [2.75, 3.05) is 0 Å². The van der Waals surface area contributed by atoms with Gasteiger partial charge in [-0.05, 0) is 67.2 Å². The summed E-state index contributed by atoms with van der Waals surface area (Å²) in [6.07, 6.45) is 0. The third kappa shape index (κ3) is 3.90. The van der Waals surface area contributed by atoms with Crippen molar-refractivity contribution in [3.63, 3.8) is 0 Å². The van der Waals surface area contributed by atoms with Gasteiger partial charge >= 0.3 is 0 Å². The molecule has 0 atom stereocenters. The Kier molecular flexibility index (Phi) is 4.04. The van der Waals surface area contributed by atoms with Crippen LogP contribution in [0.4, 0.5) is 0 Å². The van der Waals surface area contributed by atoms with E-state index in [1.165, 1.54) is 0 Å². The van der Waals surface area contributed by atoms with Crippen molar-refractivity contribution in [2.24, 2.45) is 0 Å². The molecule has 4 heteroatoms. The minimum atomic E-state index is -0.411. The highest BCUT2D eigenvalue weighted by atomic mass is 35.5. The Hall–Kier alpha value is -4.60. The number of hydrogen-bond donors (Lipinski definition) is 0. The summed E-state index contributed by atoms with van der Waals surface area (Å²) in [5.41, 5.74) is 2.31. The molecule has 1 heterocycles. The van der Waals surface area contributed by atoms with Crippen molar-refractivity contribution in [2.45, 2.75) is 0 Å². The van der Waals surface area contributed by atoms with Gasteiger partial charge in [-0.3, -0.25) is 0 Å². The van der Waals surface area contributed by atoms with Crippen LogP contribution in [-0.2, 0) is 0 Å². The first-order valence-electron chi connectivity index (χ1n) is 14.2. The van der Waals surface area contributed by atoms with Gasteiger partial charge in [0.15, 0.2) is 11.6 Å². The fourth-order valence-electron chi connectivity index (χ4n) is 4.77. The van der Waals surface area contributed by atoms with Crippen LogP contribution >= 0.6 is 11.6 Å². The fraction of sp³-hybridized carbons (Fsp3) is 0. The number of nitrogens with zero attached hydrogens (tertiary/aromatic N) is 3. The van der Waals surface area contributed by atoms with Gasteiger partial charge in [0.1, 0.15) is 0 Å². The van der Waals surface area contributed by atoms with E-state index < -0.39 is 6.04 Å². The molecule has 1 aromatic heterocycles. The third-order valence-electron chi connectivity index (χ3n) is 6.52. The van der Waals surface area contributed by atoms with E-state index in [1.54, 1.807) is 6.07 Å². The average Bonchev–Trinajstić information content (AvgIpc) is 3.02. The number of benzene rings is 6. The first kappa shape index (κ1) is 17.0. The molecule has 0 aliphatic rings. The lowest BCUT2D eigenvalue weighted by molar-refractivity contribution is 1.07. The van der Waals surface area contributed by atoms with Crippen LogP contribution in [0.5, 0.6) is 0 Å². The first-order valence-corrected chi connectivity index (χ1v) is 12.1. The van der Waals surface area contributed by atoms with E-state index in [1.807, 2.05) is 54.6 Å². The van der Waals surface area contributed by atoms with Gasteiger partial charge in [0, 0.05) is 11.1 Å².